The molecule has 0 aromatic heterocycles. The zero-order valence-electron chi connectivity index (χ0n) is 11.9. The normalized spacial score (nSPS) is 28.6. The van der Waals surface area contributed by atoms with Crippen LogP contribution >= 0.6 is 0 Å². The van der Waals surface area contributed by atoms with Gasteiger partial charge in [-0.3, -0.25) is 0 Å². The second kappa shape index (κ2) is 5.64. The number of aromatic carboxylic acids is 1. The summed E-state index contributed by atoms with van der Waals surface area (Å²) < 4.78 is 25.0. The van der Waals surface area contributed by atoms with Gasteiger partial charge in [0.2, 0.25) is 0 Å². The number of fused-ring (bicyclic) bond motifs is 2. The molecule has 0 heterocycles. The van der Waals surface area contributed by atoms with Crippen LogP contribution in [0.3, 0.4) is 0 Å². The maximum atomic E-state index is 13.7. The van der Waals surface area contributed by atoms with Gasteiger partial charge in [-0.15, -0.1) is 0 Å². The minimum atomic E-state index is -1.11. The summed E-state index contributed by atoms with van der Waals surface area (Å²) in [6.45, 7) is 1.72. The molecule has 3 rings (SSSR count). The molecule has 0 radical (unpaired) electrons. The molecule has 2 aliphatic carbocycles. The van der Waals surface area contributed by atoms with Gasteiger partial charge in [0.25, 0.3) is 0 Å². The van der Waals surface area contributed by atoms with Gasteiger partial charge in [0.05, 0.1) is 11.7 Å². The molecular formula is C16H19FO4. The first kappa shape index (κ1) is 14.3. The van der Waals surface area contributed by atoms with Crippen molar-refractivity contribution in [3.63, 3.8) is 0 Å². The molecule has 4 nitrogen and oxygen atoms in total. The molecule has 5 heteroatoms. The lowest BCUT2D eigenvalue weighted by atomic mass is 9.98. The lowest BCUT2D eigenvalue weighted by molar-refractivity contribution is -0.124. The average Bonchev–Trinajstić information content (AvgIpc) is 3.03. The van der Waals surface area contributed by atoms with E-state index in [9.17, 15) is 9.18 Å². The number of rotatable bonds is 5. The van der Waals surface area contributed by atoms with E-state index in [1.165, 1.54) is 31.4 Å². The van der Waals surface area contributed by atoms with Crippen LogP contribution in [0.1, 0.15) is 43.0 Å². The van der Waals surface area contributed by atoms with Gasteiger partial charge < -0.3 is 14.6 Å². The van der Waals surface area contributed by atoms with Crippen LogP contribution in [0, 0.1) is 17.7 Å². The summed E-state index contributed by atoms with van der Waals surface area (Å²) in [6, 6.07) is 3.51. The lowest BCUT2D eigenvalue weighted by Gasteiger charge is -2.26. The zero-order valence-corrected chi connectivity index (χ0v) is 11.9. The molecule has 2 aliphatic rings. The summed E-state index contributed by atoms with van der Waals surface area (Å²) in [5.74, 6) is -0.411. The Balaban J connectivity index is 1.63. The number of benzene rings is 1. The van der Waals surface area contributed by atoms with Crippen LogP contribution in [-0.2, 0) is 4.74 Å². The molecule has 0 amide bonds. The Hall–Kier alpha value is -1.62. The minimum Gasteiger partial charge on any atom is -0.478 e. The van der Waals surface area contributed by atoms with Crippen molar-refractivity contribution in [2.45, 2.75) is 45.0 Å². The van der Waals surface area contributed by atoms with Crippen LogP contribution in [0.4, 0.5) is 4.39 Å². The van der Waals surface area contributed by atoms with Crippen molar-refractivity contribution in [2.75, 3.05) is 0 Å². The van der Waals surface area contributed by atoms with E-state index in [2.05, 4.69) is 0 Å². The molecule has 1 aromatic carbocycles. The number of carbonyl (C=O) groups is 1. The zero-order chi connectivity index (χ0) is 15.0. The molecule has 4 atom stereocenters. The van der Waals surface area contributed by atoms with Crippen LogP contribution in [0.15, 0.2) is 18.2 Å². The highest BCUT2D eigenvalue weighted by molar-refractivity contribution is 5.88. The molecule has 0 spiro atoms. The van der Waals surface area contributed by atoms with Gasteiger partial charge in [-0.2, -0.15) is 0 Å². The molecule has 21 heavy (non-hydrogen) atoms. The van der Waals surface area contributed by atoms with Crippen LogP contribution in [0.5, 0.6) is 5.75 Å². The van der Waals surface area contributed by atoms with Crippen molar-refractivity contribution in [3.8, 4) is 5.75 Å². The topological polar surface area (TPSA) is 55.8 Å². The Morgan fingerprint density at radius 2 is 2.19 bits per heavy atom. The monoisotopic (exact) mass is 294 g/mol. The lowest BCUT2D eigenvalue weighted by Crippen LogP contribution is -2.28. The predicted molar refractivity (Wildman–Crippen MR) is 73.8 cm³/mol. The molecule has 0 saturated heterocycles. The molecule has 114 valence electrons. The Bertz CT molecular complexity index is 545. The minimum absolute atomic E-state index is 0.00137. The standard InChI is InChI=1S/C16H19FO4/c1-9(20-14-7-10-2-3-11(14)6-10)21-15-8-12(16(18)19)4-5-13(15)17/h4-5,8-11,14H,2-3,6-7H2,1H3,(H,18,19). The Kier molecular flexibility index (Phi) is 3.85. The fourth-order valence-corrected chi connectivity index (χ4v) is 3.53. The SMILES string of the molecule is CC(Oc1cc(C(=O)O)ccc1F)OC1CC2CCC1C2. The fraction of sp³-hybridized carbons (Fsp3) is 0.562. The van der Waals surface area contributed by atoms with Gasteiger partial charge in [0.1, 0.15) is 0 Å². The number of hydrogen-bond acceptors (Lipinski definition) is 3. The number of hydrogen-bond donors (Lipinski definition) is 1. The van der Waals surface area contributed by atoms with Gasteiger partial charge in [0.15, 0.2) is 17.9 Å². The first-order valence-electron chi connectivity index (χ1n) is 7.38. The van der Waals surface area contributed by atoms with Gasteiger partial charge in [-0.25, -0.2) is 9.18 Å². The summed E-state index contributed by atoms with van der Waals surface area (Å²) in [5.41, 5.74) is -0.00137. The van der Waals surface area contributed by atoms with Crippen LogP contribution in [0.2, 0.25) is 0 Å². The average molecular weight is 294 g/mol. The van der Waals surface area contributed by atoms with Gasteiger partial charge in [0, 0.05) is 0 Å². The third kappa shape index (κ3) is 3.02. The van der Waals surface area contributed by atoms with E-state index < -0.39 is 18.1 Å². The van der Waals surface area contributed by atoms with Crippen molar-refractivity contribution in [3.05, 3.63) is 29.6 Å². The van der Waals surface area contributed by atoms with E-state index in [4.69, 9.17) is 14.6 Å². The van der Waals surface area contributed by atoms with Crippen molar-refractivity contribution in [2.24, 2.45) is 11.8 Å². The second-order valence-electron chi connectivity index (χ2n) is 5.99. The molecule has 2 fully saturated rings. The van der Waals surface area contributed by atoms with Crippen LogP contribution in [-0.4, -0.2) is 23.5 Å². The number of ether oxygens (including phenoxy) is 2. The van der Waals surface area contributed by atoms with Gasteiger partial charge in [-0.05, 0) is 62.6 Å². The first-order chi connectivity index (χ1) is 10.0. The summed E-state index contributed by atoms with van der Waals surface area (Å²) in [5, 5.41) is 8.93. The molecule has 0 aliphatic heterocycles. The fourth-order valence-electron chi connectivity index (χ4n) is 3.53. The largest absolute Gasteiger partial charge is 0.478 e. The second-order valence-corrected chi connectivity index (χ2v) is 5.99. The van der Waals surface area contributed by atoms with Crippen LogP contribution < -0.4 is 4.74 Å². The van der Waals surface area contributed by atoms with Crippen molar-refractivity contribution >= 4 is 5.97 Å². The van der Waals surface area contributed by atoms with E-state index in [-0.39, 0.29) is 17.4 Å². The summed E-state index contributed by atoms with van der Waals surface area (Å²) in [7, 11) is 0. The molecular weight excluding hydrogens is 275 g/mol. The van der Waals surface area contributed by atoms with Gasteiger partial charge >= 0.3 is 5.97 Å². The third-order valence-electron chi connectivity index (χ3n) is 4.51. The van der Waals surface area contributed by atoms with E-state index in [1.54, 1.807) is 6.92 Å². The maximum absolute atomic E-state index is 13.7. The van der Waals surface area contributed by atoms with E-state index in [1.807, 2.05) is 0 Å². The van der Waals surface area contributed by atoms with Crippen LogP contribution in [0.25, 0.3) is 0 Å². The molecule has 2 saturated carbocycles. The number of carboxylic acids is 1. The van der Waals surface area contributed by atoms with Crippen molar-refractivity contribution < 1.29 is 23.8 Å². The van der Waals surface area contributed by atoms with E-state index >= 15 is 0 Å². The Morgan fingerprint density at radius 1 is 1.38 bits per heavy atom. The number of halogens is 1. The summed E-state index contributed by atoms with van der Waals surface area (Å²) in [4.78, 5) is 10.9. The Morgan fingerprint density at radius 3 is 2.81 bits per heavy atom. The highest BCUT2D eigenvalue weighted by Gasteiger charge is 2.41. The highest BCUT2D eigenvalue weighted by atomic mass is 19.1. The van der Waals surface area contributed by atoms with Crippen molar-refractivity contribution in [1.29, 1.82) is 0 Å². The quantitative estimate of drug-likeness (QED) is 0.845. The predicted octanol–water partition coefficient (Wildman–Crippen LogP) is 3.45. The Labute approximate surface area is 122 Å². The first-order valence-corrected chi connectivity index (χ1v) is 7.38. The molecule has 4 unspecified atom stereocenters. The van der Waals surface area contributed by atoms with Crippen molar-refractivity contribution in [1.82, 2.24) is 0 Å². The summed E-state index contributed by atoms with van der Waals surface area (Å²) >= 11 is 0. The van der Waals surface area contributed by atoms with E-state index in [0.717, 1.165) is 18.4 Å². The molecule has 2 bridgehead atoms. The highest BCUT2D eigenvalue weighted by Crippen LogP contribution is 2.46. The number of carboxylic acid groups (broad SMARTS) is 1. The van der Waals surface area contributed by atoms with E-state index in [0.29, 0.717) is 5.92 Å². The third-order valence-corrected chi connectivity index (χ3v) is 4.51. The smallest absolute Gasteiger partial charge is 0.335 e. The molecule has 1 aromatic rings. The van der Waals surface area contributed by atoms with Gasteiger partial charge in [-0.1, -0.05) is 0 Å². The summed E-state index contributed by atoms with van der Waals surface area (Å²) in [6.07, 6.45) is 4.35. The molecule has 1 N–H and O–H groups in total. The maximum Gasteiger partial charge on any atom is 0.335 e.